The smallest absolute Gasteiger partial charge is 0.0366 e. The lowest BCUT2D eigenvalue weighted by atomic mass is 10.1. The first-order valence-electron chi connectivity index (χ1n) is 6.41. The first kappa shape index (κ1) is 14.0. The molecule has 0 unspecified atom stereocenters. The molecule has 0 amide bonds. The molecule has 0 bridgehead atoms. The maximum absolute atomic E-state index is 3.51. The van der Waals surface area contributed by atoms with Crippen LogP contribution in [-0.4, -0.2) is 25.7 Å². The van der Waals surface area contributed by atoms with Crippen LogP contribution in [0, 0.1) is 6.92 Å². The summed E-state index contributed by atoms with van der Waals surface area (Å²) < 4.78 is 0. The normalized spacial score (nSPS) is 11.6. The molecule has 0 spiro atoms. The second-order valence-corrected chi connectivity index (χ2v) is 5.79. The Bertz CT molecular complexity index is 339. The number of rotatable bonds is 5. The van der Waals surface area contributed by atoms with Crippen LogP contribution in [0.15, 0.2) is 24.3 Å². The van der Waals surface area contributed by atoms with Gasteiger partial charge in [-0.3, -0.25) is 0 Å². The number of benzene rings is 1. The van der Waals surface area contributed by atoms with Crippen LogP contribution in [0.3, 0.4) is 0 Å². The summed E-state index contributed by atoms with van der Waals surface area (Å²) in [4.78, 5) is 2.32. The van der Waals surface area contributed by atoms with Gasteiger partial charge in [0.2, 0.25) is 0 Å². The van der Waals surface area contributed by atoms with Gasteiger partial charge in [-0.25, -0.2) is 0 Å². The molecule has 1 rings (SSSR count). The van der Waals surface area contributed by atoms with E-state index in [0.29, 0.717) is 0 Å². The number of hydrogen-bond donors (Lipinski definition) is 1. The van der Waals surface area contributed by atoms with E-state index in [1.165, 1.54) is 17.7 Å². The molecule has 0 saturated heterocycles. The summed E-state index contributed by atoms with van der Waals surface area (Å²) in [6.07, 6.45) is 1.17. The molecule has 0 fully saturated rings. The average Bonchev–Trinajstić information content (AvgIpc) is 2.23. The van der Waals surface area contributed by atoms with Crippen molar-refractivity contribution in [1.82, 2.24) is 5.32 Å². The Morgan fingerprint density at radius 1 is 1.24 bits per heavy atom. The first-order valence-corrected chi connectivity index (χ1v) is 6.41. The van der Waals surface area contributed by atoms with Gasteiger partial charge >= 0.3 is 0 Å². The number of aryl methyl sites for hydroxylation is 1. The predicted octanol–water partition coefficient (Wildman–Crippen LogP) is 3.21. The summed E-state index contributed by atoms with van der Waals surface area (Å²) in [6.45, 7) is 10.9. The fourth-order valence-corrected chi connectivity index (χ4v) is 1.77. The zero-order valence-electron chi connectivity index (χ0n) is 11.9. The van der Waals surface area contributed by atoms with Crippen molar-refractivity contribution in [1.29, 1.82) is 0 Å². The number of hydrogen-bond acceptors (Lipinski definition) is 2. The standard InChI is InChI=1S/C15H26N2/c1-13-8-6-9-14(12-13)17(5)11-7-10-16-15(2,3)4/h6,8-9,12,16H,7,10-11H2,1-5H3. The summed E-state index contributed by atoms with van der Waals surface area (Å²) in [7, 11) is 2.16. The second kappa shape index (κ2) is 6.06. The highest BCUT2D eigenvalue weighted by molar-refractivity contribution is 5.47. The van der Waals surface area contributed by atoms with Crippen LogP contribution in [-0.2, 0) is 0 Å². The van der Waals surface area contributed by atoms with Crippen molar-refractivity contribution in [3.63, 3.8) is 0 Å². The fourth-order valence-electron chi connectivity index (χ4n) is 1.77. The Morgan fingerprint density at radius 2 is 1.94 bits per heavy atom. The number of nitrogens with zero attached hydrogens (tertiary/aromatic N) is 1. The van der Waals surface area contributed by atoms with Gasteiger partial charge in [0.25, 0.3) is 0 Å². The van der Waals surface area contributed by atoms with Crippen molar-refractivity contribution in [3.8, 4) is 0 Å². The van der Waals surface area contributed by atoms with Gasteiger partial charge in [0.1, 0.15) is 0 Å². The quantitative estimate of drug-likeness (QED) is 0.787. The van der Waals surface area contributed by atoms with Crippen LogP contribution < -0.4 is 10.2 Å². The summed E-state index contributed by atoms with van der Waals surface area (Å²) >= 11 is 0. The summed E-state index contributed by atoms with van der Waals surface area (Å²) in [5.41, 5.74) is 2.85. The van der Waals surface area contributed by atoms with E-state index in [1.54, 1.807) is 0 Å². The van der Waals surface area contributed by atoms with Crippen molar-refractivity contribution >= 4 is 5.69 Å². The Hall–Kier alpha value is -1.02. The molecule has 0 aliphatic rings. The van der Waals surface area contributed by atoms with E-state index in [2.05, 4.69) is 69.2 Å². The van der Waals surface area contributed by atoms with Gasteiger partial charge in [-0.15, -0.1) is 0 Å². The highest BCUT2D eigenvalue weighted by Crippen LogP contribution is 2.14. The lowest BCUT2D eigenvalue weighted by Gasteiger charge is -2.23. The van der Waals surface area contributed by atoms with Crippen LogP contribution in [0.5, 0.6) is 0 Å². The van der Waals surface area contributed by atoms with Crippen LogP contribution in [0.4, 0.5) is 5.69 Å². The maximum Gasteiger partial charge on any atom is 0.0366 e. The van der Waals surface area contributed by atoms with Crippen molar-refractivity contribution in [2.45, 2.75) is 39.7 Å². The Balaban J connectivity index is 2.33. The molecular formula is C15H26N2. The molecule has 0 aliphatic heterocycles. The van der Waals surface area contributed by atoms with E-state index in [0.717, 1.165) is 13.1 Å². The maximum atomic E-state index is 3.51. The molecule has 0 radical (unpaired) electrons. The van der Waals surface area contributed by atoms with E-state index in [1.807, 2.05) is 0 Å². The van der Waals surface area contributed by atoms with Crippen LogP contribution in [0.1, 0.15) is 32.8 Å². The fraction of sp³-hybridized carbons (Fsp3) is 0.600. The van der Waals surface area contributed by atoms with Crippen LogP contribution >= 0.6 is 0 Å². The van der Waals surface area contributed by atoms with Crippen LogP contribution in [0.25, 0.3) is 0 Å². The van der Waals surface area contributed by atoms with Gasteiger partial charge in [0, 0.05) is 24.8 Å². The molecule has 2 heteroatoms. The molecule has 1 aromatic rings. The Labute approximate surface area is 106 Å². The minimum atomic E-state index is 0.224. The van der Waals surface area contributed by atoms with E-state index in [4.69, 9.17) is 0 Å². The largest absolute Gasteiger partial charge is 0.375 e. The van der Waals surface area contributed by atoms with Crippen molar-refractivity contribution in [3.05, 3.63) is 29.8 Å². The minimum absolute atomic E-state index is 0.224. The molecule has 0 heterocycles. The predicted molar refractivity (Wildman–Crippen MR) is 76.8 cm³/mol. The molecule has 0 saturated carbocycles. The van der Waals surface area contributed by atoms with Gasteiger partial charge in [0.05, 0.1) is 0 Å². The third-order valence-corrected chi connectivity index (χ3v) is 2.77. The zero-order chi connectivity index (χ0) is 12.9. The number of anilines is 1. The van der Waals surface area contributed by atoms with Crippen LogP contribution in [0.2, 0.25) is 0 Å². The topological polar surface area (TPSA) is 15.3 Å². The van der Waals surface area contributed by atoms with Crippen molar-refractivity contribution in [2.24, 2.45) is 0 Å². The minimum Gasteiger partial charge on any atom is -0.375 e. The van der Waals surface area contributed by atoms with E-state index < -0.39 is 0 Å². The molecule has 17 heavy (non-hydrogen) atoms. The van der Waals surface area contributed by atoms with E-state index in [-0.39, 0.29) is 5.54 Å². The average molecular weight is 234 g/mol. The van der Waals surface area contributed by atoms with Gasteiger partial charge in [-0.05, 0) is 58.4 Å². The Morgan fingerprint density at radius 3 is 2.53 bits per heavy atom. The molecule has 0 aliphatic carbocycles. The van der Waals surface area contributed by atoms with Gasteiger partial charge < -0.3 is 10.2 Å². The third-order valence-electron chi connectivity index (χ3n) is 2.77. The third kappa shape index (κ3) is 5.73. The molecular weight excluding hydrogens is 208 g/mol. The van der Waals surface area contributed by atoms with Gasteiger partial charge in [-0.1, -0.05) is 12.1 Å². The highest BCUT2D eigenvalue weighted by atomic mass is 15.1. The first-order chi connectivity index (χ1) is 7.88. The Kier molecular flexibility index (Phi) is 5.01. The molecule has 2 nitrogen and oxygen atoms in total. The SMILES string of the molecule is Cc1cccc(N(C)CCCNC(C)(C)C)c1. The number of nitrogens with one attached hydrogen (secondary N) is 1. The molecule has 96 valence electrons. The van der Waals surface area contributed by atoms with E-state index >= 15 is 0 Å². The summed E-state index contributed by atoms with van der Waals surface area (Å²) in [6, 6.07) is 8.66. The second-order valence-electron chi connectivity index (χ2n) is 5.79. The summed E-state index contributed by atoms with van der Waals surface area (Å²) in [5.74, 6) is 0. The molecule has 1 aromatic carbocycles. The molecule has 0 atom stereocenters. The molecule has 0 aromatic heterocycles. The van der Waals surface area contributed by atoms with Gasteiger partial charge in [-0.2, -0.15) is 0 Å². The summed E-state index contributed by atoms with van der Waals surface area (Å²) in [5, 5.41) is 3.51. The van der Waals surface area contributed by atoms with Gasteiger partial charge in [0.15, 0.2) is 0 Å². The molecule has 1 N–H and O–H groups in total. The monoisotopic (exact) mass is 234 g/mol. The lowest BCUT2D eigenvalue weighted by Crippen LogP contribution is -2.37. The van der Waals surface area contributed by atoms with Crippen molar-refractivity contribution < 1.29 is 0 Å². The highest BCUT2D eigenvalue weighted by Gasteiger charge is 2.07. The van der Waals surface area contributed by atoms with E-state index in [9.17, 15) is 0 Å². The van der Waals surface area contributed by atoms with Crippen molar-refractivity contribution in [2.75, 3.05) is 25.0 Å². The lowest BCUT2D eigenvalue weighted by molar-refractivity contribution is 0.423. The zero-order valence-corrected chi connectivity index (χ0v) is 11.9.